The molecule has 4 atom stereocenters. The van der Waals surface area contributed by atoms with Crippen molar-refractivity contribution < 1.29 is 0 Å². The molecule has 1 aromatic carbocycles. The molecule has 4 aliphatic carbocycles. The van der Waals surface area contributed by atoms with Gasteiger partial charge in [0, 0.05) is 11.8 Å². The number of pyridine rings is 1. The van der Waals surface area contributed by atoms with Gasteiger partial charge in [0.1, 0.15) is 0 Å². The normalized spacial score (nSPS) is 33.3. The number of hydrogen-bond donors (Lipinski definition) is 0. The summed E-state index contributed by atoms with van der Waals surface area (Å²) in [6.45, 7) is 0. The van der Waals surface area contributed by atoms with E-state index in [1.165, 1.54) is 49.8 Å². The molecule has 6 rings (SSSR count). The van der Waals surface area contributed by atoms with E-state index in [2.05, 4.69) is 30.5 Å². The highest BCUT2D eigenvalue weighted by molar-refractivity contribution is 5.65. The van der Waals surface area contributed by atoms with Gasteiger partial charge in [-0.2, -0.15) is 0 Å². The predicted octanol–water partition coefficient (Wildman–Crippen LogP) is 5.48. The molecule has 0 aliphatic heterocycles. The fraction of sp³-hybridized carbons (Fsp3) is 0.476. The van der Waals surface area contributed by atoms with Gasteiger partial charge in [0.2, 0.25) is 0 Å². The summed E-state index contributed by atoms with van der Waals surface area (Å²) < 4.78 is 0. The van der Waals surface area contributed by atoms with Crippen LogP contribution in [0.15, 0.2) is 30.5 Å². The first-order valence-electron chi connectivity index (χ1n) is 9.01. The maximum atomic E-state index is 4.83. The molecule has 0 spiro atoms. The summed E-state index contributed by atoms with van der Waals surface area (Å²) in [4.78, 5) is 4.83. The monoisotopic (exact) mass is 287 g/mol. The van der Waals surface area contributed by atoms with E-state index in [0.29, 0.717) is 0 Å². The zero-order valence-electron chi connectivity index (χ0n) is 12.9. The highest BCUT2D eigenvalue weighted by Gasteiger charge is 2.38. The lowest BCUT2D eigenvalue weighted by Gasteiger charge is -2.18. The van der Waals surface area contributed by atoms with Crippen LogP contribution in [0.2, 0.25) is 0 Å². The summed E-state index contributed by atoms with van der Waals surface area (Å²) in [7, 11) is 0. The van der Waals surface area contributed by atoms with Crippen LogP contribution < -0.4 is 0 Å². The molecule has 4 bridgehead atoms. The number of fused-ring (bicyclic) bond motifs is 10. The van der Waals surface area contributed by atoms with Gasteiger partial charge in [0.15, 0.2) is 0 Å². The van der Waals surface area contributed by atoms with Gasteiger partial charge in [-0.3, -0.25) is 4.98 Å². The van der Waals surface area contributed by atoms with Crippen molar-refractivity contribution >= 4 is 0 Å². The van der Waals surface area contributed by atoms with Crippen molar-refractivity contribution in [3.63, 3.8) is 0 Å². The van der Waals surface area contributed by atoms with Crippen molar-refractivity contribution in [3.05, 3.63) is 52.7 Å². The molecule has 22 heavy (non-hydrogen) atoms. The van der Waals surface area contributed by atoms with E-state index in [4.69, 9.17) is 4.98 Å². The van der Waals surface area contributed by atoms with Crippen molar-refractivity contribution in [2.24, 2.45) is 0 Å². The molecule has 1 nitrogen and oxygen atoms in total. The fourth-order valence-corrected chi connectivity index (χ4v) is 5.89. The lowest BCUT2D eigenvalue weighted by molar-refractivity contribution is 0.713. The Hall–Kier alpha value is -1.63. The van der Waals surface area contributed by atoms with Gasteiger partial charge < -0.3 is 0 Å². The topological polar surface area (TPSA) is 12.9 Å². The van der Waals surface area contributed by atoms with Gasteiger partial charge in [-0.25, -0.2) is 0 Å². The molecule has 0 radical (unpaired) electrons. The van der Waals surface area contributed by atoms with Crippen LogP contribution in [0, 0.1) is 0 Å². The van der Waals surface area contributed by atoms with E-state index in [-0.39, 0.29) is 0 Å². The van der Waals surface area contributed by atoms with E-state index in [1.54, 1.807) is 22.3 Å². The summed E-state index contributed by atoms with van der Waals surface area (Å²) in [5.41, 5.74) is 9.00. The third-order valence-corrected chi connectivity index (χ3v) is 6.98. The molecular weight excluding hydrogens is 266 g/mol. The SMILES string of the molecule is c1cc2c(cc1-c1cc3c(cn1)C1CCC3C1)C1CCC2C1. The Morgan fingerprint density at radius 1 is 0.682 bits per heavy atom. The van der Waals surface area contributed by atoms with Crippen LogP contribution in [0.1, 0.15) is 84.5 Å². The lowest BCUT2D eigenvalue weighted by atomic mass is 9.88. The van der Waals surface area contributed by atoms with E-state index >= 15 is 0 Å². The first-order valence-corrected chi connectivity index (χ1v) is 9.01. The number of aromatic nitrogens is 1. The molecule has 4 aliphatic rings. The molecule has 4 unspecified atom stereocenters. The van der Waals surface area contributed by atoms with Crippen molar-refractivity contribution in [1.82, 2.24) is 4.98 Å². The fourth-order valence-electron chi connectivity index (χ4n) is 5.89. The summed E-state index contributed by atoms with van der Waals surface area (Å²) in [5, 5.41) is 0. The summed E-state index contributed by atoms with van der Waals surface area (Å²) >= 11 is 0. The largest absolute Gasteiger partial charge is 0.256 e. The molecule has 0 saturated heterocycles. The molecule has 0 N–H and O–H groups in total. The maximum Gasteiger partial charge on any atom is 0.0705 e. The molecule has 2 fully saturated rings. The Bertz CT molecular complexity index is 723. The number of benzene rings is 1. The second-order valence-electron chi connectivity index (χ2n) is 7.96. The smallest absolute Gasteiger partial charge is 0.0705 e. The Balaban J connectivity index is 1.46. The lowest BCUT2D eigenvalue weighted by Crippen LogP contribution is -2.01. The second kappa shape index (κ2) is 4.01. The summed E-state index contributed by atoms with van der Waals surface area (Å²) in [6, 6.07) is 9.59. The third-order valence-electron chi connectivity index (χ3n) is 6.98. The summed E-state index contributed by atoms with van der Waals surface area (Å²) in [5.74, 6) is 3.34. The average molecular weight is 287 g/mol. The minimum atomic E-state index is 0.817. The van der Waals surface area contributed by atoms with Crippen LogP contribution in [0.3, 0.4) is 0 Å². The summed E-state index contributed by atoms with van der Waals surface area (Å²) in [6.07, 6.45) is 10.6. The minimum absolute atomic E-state index is 0.817. The molecule has 2 aromatic rings. The van der Waals surface area contributed by atoms with Crippen LogP contribution in [-0.4, -0.2) is 4.98 Å². The molecule has 1 heteroatoms. The van der Waals surface area contributed by atoms with Gasteiger partial charge in [0.25, 0.3) is 0 Å². The minimum Gasteiger partial charge on any atom is -0.256 e. The molecular formula is C21H21N. The maximum absolute atomic E-state index is 4.83. The predicted molar refractivity (Wildman–Crippen MR) is 88.3 cm³/mol. The second-order valence-corrected chi connectivity index (χ2v) is 7.96. The molecule has 0 amide bonds. The molecule has 1 heterocycles. The molecule has 1 aromatic heterocycles. The van der Waals surface area contributed by atoms with Gasteiger partial charge in [-0.1, -0.05) is 12.1 Å². The Kier molecular flexibility index (Phi) is 2.16. The first kappa shape index (κ1) is 11.9. The Labute approximate surface area is 131 Å². The van der Waals surface area contributed by atoms with Crippen LogP contribution in [0.5, 0.6) is 0 Å². The standard InChI is InChI=1S/C21H21N/c1-2-13-7-12(1)17-6-5-16(9-18(13)17)21-10-19-14-3-4-15(8-14)20(19)11-22-21/h5-6,9-15H,1-4,7-8H2. The van der Waals surface area contributed by atoms with Gasteiger partial charge in [-0.15, -0.1) is 0 Å². The number of rotatable bonds is 1. The Morgan fingerprint density at radius 3 is 2.09 bits per heavy atom. The highest BCUT2D eigenvalue weighted by atomic mass is 14.7. The zero-order chi connectivity index (χ0) is 14.3. The van der Waals surface area contributed by atoms with Crippen molar-refractivity contribution in [3.8, 4) is 11.3 Å². The quantitative estimate of drug-likeness (QED) is 0.677. The van der Waals surface area contributed by atoms with Gasteiger partial charge in [0.05, 0.1) is 5.69 Å². The van der Waals surface area contributed by atoms with Crippen molar-refractivity contribution in [2.45, 2.75) is 62.2 Å². The van der Waals surface area contributed by atoms with Gasteiger partial charge >= 0.3 is 0 Å². The molecule has 2 saturated carbocycles. The average Bonchev–Trinajstić information content (AvgIpc) is 3.34. The molecule has 110 valence electrons. The van der Waals surface area contributed by atoms with E-state index in [0.717, 1.165) is 23.7 Å². The van der Waals surface area contributed by atoms with Crippen molar-refractivity contribution in [1.29, 1.82) is 0 Å². The highest BCUT2D eigenvalue weighted by Crippen LogP contribution is 2.55. The number of nitrogens with zero attached hydrogens (tertiary/aromatic N) is 1. The number of hydrogen-bond acceptors (Lipinski definition) is 1. The van der Waals surface area contributed by atoms with Crippen LogP contribution in [-0.2, 0) is 0 Å². The van der Waals surface area contributed by atoms with Crippen LogP contribution >= 0.6 is 0 Å². The third kappa shape index (κ3) is 1.42. The first-order chi connectivity index (χ1) is 10.9. The Morgan fingerprint density at radius 2 is 1.32 bits per heavy atom. The van der Waals surface area contributed by atoms with Crippen molar-refractivity contribution in [2.75, 3.05) is 0 Å². The van der Waals surface area contributed by atoms with E-state index in [9.17, 15) is 0 Å². The van der Waals surface area contributed by atoms with E-state index in [1.807, 2.05) is 0 Å². The van der Waals surface area contributed by atoms with Gasteiger partial charge in [-0.05, 0) is 96.6 Å². The zero-order valence-corrected chi connectivity index (χ0v) is 12.9. The van der Waals surface area contributed by atoms with Crippen LogP contribution in [0.4, 0.5) is 0 Å². The van der Waals surface area contributed by atoms with E-state index < -0.39 is 0 Å². The van der Waals surface area contributed by atoms with Crippen LogP contribution in [0.25, 0.3) is 11.3 Å².